The maximum atomic E-state index is 13.0. The molecule has 27 heavy (non-hydrogen) atoms. The van der Waals surface area contributed by atoms with Crippen molar-refractivity contribution >= 4 is 17.3 Å². The maximum absolute atomic E-state index is 13.0. The predicted octanol–water partition coefficient (Wildman–Crippen LogP) is 4.98. The number of hydrogen-bond donors (Lipinski definition) is 0. The summed E-state index contributed by atoms with van der Waals surface area (Å²) < 4.78 is 24.1. The summed E-state index contributed by atoms with van der Waals surface area (Å²) in [6.07, 6.45) is 2.53. The molecule has 2 aromatic heterocycles. The smallest absolute Gasteiger partial charge is 0.349 e. The highest BCUT2D eigenvalue weighted by molar-refractivity contribution is 7.14. The molecule has 3 aromatic rings. The average molecular weight is 386 g/mol. The molecule has 0 N–H and O–H groups in total. The van der Waals surface area contributed by atoms with E-state index in [0.29, 0.717) is 16.4 Å². The molecule has 140 valence electrons. The second-order valence-electron chi connectivity index (χ2n) is 6.91. The van der Waals surface area contributed by atoms with Crippen molar-refractivity contribution in [2.24, 2.45) is 5.92 Å². The lowest BCUT2D eigenvalue weighted by atomic mass is 9.90. The van der Waals surface area contributed by atoms with Crippen molar-refractivity contribution in [1.82, 2.24) is 10.2 Å². The third-order valence-corrected chi connectivity index (χ3v) is 5.91. The first-order chi connectivity index (χ1) is 13.0. The van der Waals surface area contributed by atoms with Crippen molar-refractivity contribution in [3.05, 3.63) is 57.4 Å². The van der Waals surface area contributed by atoms with Crippen molar-refractivity contribution in [1.29, 1.82) is 0 Å². The summed E-state index contributed by atoms with van der Waals surface area (Å²) in [5.41, 5.74) is 1.86. The lowest BCUT2D eigenvalue weighted by Crippen LogP contribution is -2.08. The van der Waals surface area contributed by atoms with Crippen LogP contribution in [-0.2, 0) is 17.6 Å². The van der Waals surface area contributed by atoms with Crippen LogP contribution in [0, 0.1) is 11.7 Å². The maximum Gasteiger partial charge on any atom is 0.349 e. The van der Waals surface area contributed by atoms with E-state index in [9.17, 15) is 9.18 Å². The number of aromatic nitrogens is 2. The van der Waals surface area contributed by atoms with Gasteiger partial charge in [-0.25, -0.2) is 9.18 Å². The van der Waals surface area contributed by atoms with Crippen molar-refractivity contribution in [2.45, 2.75) is 39.2 Å². The largest absolute Gasteiger partial charge is 0.448 e. The van der Waals surface area contributed by atoms with Gasteiger partial charge in [-0.15, -0.1) is 21.5 Å². The van der Waals surface area contributed by atoms with Crippen LogP contribution in [0.25, 0.3) is 11.5 Å². The summed E-state index contributed by atoms with van der Waals surface area (Å²) in [7, 11) is 0. The van der Waals surface area contributed by atoms with Gasteiger partial charge in [-0.2, -0.15) is 0 Å². The molecule has 0 saturated heterocycles. The second-order valence-corrected chi connectivity index (χ2v) is 8.04. The molecule has 0 aliphatic heterocycles. The molecule has 1 aromatic carbocycles. The van der Waals surface area contributed by atoms with E-state index in [-0.39, 0.29) is 23.6 Å². The number of aryl methyl sites for hydroxylation is 1. The molecular weight excluding hydrogens is 367 g/mol. The molecule has 1 aliphatic rings. The number of esters is 1. The Morgan fingerprint density at radius 2 is 2.11 bits per heavy atom. The van der Waals surface area contributed by atoms with Crippen LogP contribution in [0.3, 0.4) is 0 Å². The number of benzene rings is 1. The van der Waals surface area contributed by atoms with Crippen LogP contribution in [0.15, 0.2) is 34.7 Å². The molecule has 7 heteroatoms. The molecule has 2 heterocycles. The van der Waals surface area contributed by atoms with Crippen LogP contribution < -0.4 is 0 Å². The molecular formula is C20H19FN2O3S. The highest BCUT2D eigenvalue weighted by Gasteiger charge is 2.24. The lowest BCUT2D eigenvalue weighted by Gasteiger charge is -2.16. The Labute approximate surface area is 160 Å². The van der Waals surface area contributed by atoms with Crippen LogP contribution >= 0.6 is 11.3 Å². The quantitative estimate of drug-likeness (QED) is 0.592. The van der Waals surface area contributed by atoms with Crippen LogP contribution in [0.4, 0.5) is 4.39 Å². The van der Waals surface area contributed by atoms with Gasteiger partial charge in [-0.1, -0.05) is 6.92 Å². The van der Waals surface area contributed by atoms with Crippen LogP contribution in [0.5, 0.6) is 0 Å². The van der Waals surface area contributed by atoms with Crippen molar-refractivity contribution in [3.63, 3.8) is 0 Å². The Kier molecular flexibility index (Phi) is 4.78. The molecule has 0 spiro atoms. The minimum Gasteiger partial charge on any atom is -0.448 e. The van der Waals surface area contributed by atoms with Gasteiger partial charge in [0.1, 0.15) is 10.7 Å². The van der Waals surface area contributed by atoms with Gasteiger partial charge in [0.15, 0.2) is 6.10 Å². The number of hydrogen-bond acceptors (Lipinski definition) is 6. The van der Waals surface area contributed by atoms with Crippen LogP contribution in [0.1, 0.15) is 52.4 Å². The Hall–Kier alpha value is -2.54. The predicted molar refractivity (Wildman–Crippen MR) is 99.0 cm³/mol. The SMILES string of the molecule is C[C@H]1CCc2sc(C(=O)O[C@H](C)c3nnc(-c4ccc(F)cc4)o3)cc2C1. The number of ether oxygens (including phenoxy) is 1. The molecule has 0 radical (unpaired) electrons. The van der Waals surface area contributed by atoms with Gasteiger partial charge in [-0.3, -0.25) is 0 Å². The summed E-state index contributed by atoms with van der Waals surface area (Å²) in [5, 5.41) is 7.90. The molecule has 0 saturated carbocycles. The van der Waals surface area contributed by atoms with Crippen molar-refractivity contribution in [2.75, 3.05) is 0 Å². The minimum absolute atomic E-state index is 0.206. The summed E-state index contributed by atoms with van der Waals surface area (Å²) in [6, 6.07) is 7.70. The Morgan fingerprint density at radius 3 is 2.89 bits per heavy atom. The fourth-order valence-electron chi connectivity index (χ4n) is 3.18. The van der Waals surface area contributed by atoms with Crippen LogP contribution in [-0.4, -0.2) is 16.2 Å². The zero-order valence-corrected chi connectivity index (χ0v) is 15.9. The van der Waals surface area contributed by atoms with Gasteiger partial charge in [-0.05, 0) is 68.0 Å². The monoisotopic (exact) mass is 386 g/mol. The van der Waals surface area contributed by atoms with E-state index in [2.05, 4.69) is 17.1 Å². The Balaban J connectivity index is 1.45. The van der Waals surface area contributed by atoms with Gasteiger partial charge >= 0.3 is 5.97 Å². The summed E-state index contributed by atoms with van der Waals surface area (Å²) in [6.45, 7) is 3.92. The van der Waals surface area contributed by atoms with E-state index in [1.54, 1.807) is 19.1 Å². The molecule has 0 bridgehead atoms. The standard InChI is InChI=1S/C20H19FN2O3S/c1-11-3-8-16-14(9-11)10-17(27-16)20(24)25-12(2)18-22-23-19(26-18)13-4-6-15(21)7-5-13/h4-7,10-12H,3,8-9H2,1-2H3/t11-,12+/m0/s1. The fourth-order valence-corrected chi connectivity index (χ4v) is 4.27. The van der Waals surface area contributed by atoms with E-state index in [1.807, 2.05) is 6.07 Å². The van der Waals surface area contributed by atoms with Gasteiger partial charge in [0.25, 0.3) is 5.89 Å². The zero-order valence-electron chi connectivity index (χ0n) is 15.1. The van der Waals surface area contributed by atoms with Crippen molar-refractivity contribution in [3.8, 4) is 11.5 Å². The highest BCUT2D eigenvalue weighted by Crippen LogP contribution is 2.33. The van der Waals surface area contributed by atoms with Gasteiger partial charge in [0.05, 0.1) is 0 Å². The first-order valence-corrected chi connectivity index (χ1v) is 9.73. The third-order valence-electron chi connectivity index (χ3n) is 4.69. The van der Waals surface area contributed by atoms with Crippen molar-refractivity contribution < 1.29 is 18.3 Å². The number of nitrogens with zero attached hydrogens (tertiary/aromatic N) is 2. The van der Waals surface area contributed by atoms with Crippen LogP contribution in [0.2, 0.25) is 0 Å². The number of carbonyl (C=O) groups is 1. The topological polar surface area (TPSA) is 65.2 Å². The number of thiophene rings is 1. The highest BCUT2D eigenvalue weighted by atomic mass is 32.1. The molecule has 0 unspecified atom stereocenters. The number of carbonyl (C=O) groups excluding carboxylic acids is 1. The lowest BCUT2D eigenvalue weighted by molar-refractivity contribution is 0.0285. The molecule has 5 nitrogen and oxygen atoms in total. The molecule has 2 atom stereocenters. The summed E-state index contributed by atoms with van der Waals surface area (Å²) >= 11 is 1.51. The number of halogens is 1. The van der Waals surface area contributed by atoms with E-state index in [4.69, 9.17) is 9.15 Å². The zero-order chi connectivity index (χ0) is 19.0. The molecule has 0 amide bonds. The first-order valence-electron chi connectivity index (χ1n) is 8.91. The fraction of sp³-hybridized carbons (Fsp3) is 0.350. The molecule has 4 rings (SSSR count). The summed E-state index contributed by atoms with van der Waals surface area (Å²) in [5.74, 6) is 0.397. The van der Waals surface area contributed by atoms with E-state index in [0.717, 1.165) is 19.3 Å². The summed E-state index contributed by atoms with van der Waals surface area (Å²) in [4.78, 5) is 14.4. The normalized spacial score (nSPS) is 17.4. The van der Waals surface area contributed by atoms with Gasteiger partial charge in [0.2, 0.25) is 5.89 Å². The Bertz CT molecular complexity index is 964. The Morgan fingerprint density at radius 1 is 1.33 bits per heavy atom. The van der Waals surface area contributed by atoms with Gasteiger partial charge < -0.3 is 9.15 Å². The molecule has 1 aliphatic carbocycles. The number of fused-ring (bicyclic) bond motifs is 1. The minimum atomic E-state index is -0.669. The third kappa shape index (κ3) is 3.78. The van der Waals surface area contributed by atoms with E-state index < -0.39 is 6.10 Å². The molecule has 0 fully saturated rings. The van der Waals surface area contributed by atoms with E-state index >= 15 is 0 Å². The average Bonchev–Trinajstić information content (AvgIpc) is 3.29. The first kappa shape index (κ1) is 17.9. The van der Waals surface area contributed by atoms with E-state index in [1.165, 1.54) is 33.9 Å². The second kappa shape index (κ2) is 7.23. The number of rotatable bonds is 4. The van der Waals surface area contributed by atoms with Gasteiger partial charge in [0, 0.05) is 10.4 Å².